The summed E-state index contributed by atoms with van der Waals surface area (Å²) in [5, 5.41) is 9.92. The summed E-state index contributed by atoms with van der Waals surface area (Å²) in [5.74, 6) is -1.92. The van der Waals surface area contributed by atoms with Crippen LogP contribution < -0.4 is 46.1 Å². The van der Waals surface area contributed by atoms with E-state index in [1.54, 1.807) is 0 Å². The number of nitrogens with two attached hydrogens (primary N) is 2. The molecule has 0 saturated carbocycles. The number of primary amides is 1. The van der Waals surface area contributed by atoms with Crippen LogP contribution in [0.1, 0.15) is 12.8 Å². The molecule has 0 radical (unpaired) electrons. The number of amides is 1. The topological polar surface area (TPSA) is 109 Å². The van der Waals surface area contributed by atoms with Gasteiger partial charge in [-0.2, -0.15) is 0 Å². The maximum Gasteiger partial charge on any atom is 1.00 e. The zero-order valence-electron chi connectivity index (χ0n) is 6.37. The van der Waals surface area contributed by atoms with E-state index in [0.717, 1.165) is 0 Å². The Morgan fingerprint density at radius 2 is 1.91 bits per heavy atom. The van der Waals surface area contributed by atoms with E-state index in [0.29, 0.717) is 0 Å². The smallest absolute Gasteiger partial charge is 0.548 e. The van der Waals surface area contributed by atoms with Gasteiger partial charge in [-0.1, -0.05) is 0 Å². The van der Waals surface area contributed by atoms with Crippen molar-refractivity contribution in [2.45, 2.75) is 18.9 Å². The van der Waals surface area contributed by atoms with Gasteiger partial charge in [-0.15, -0.1) is 0 Å². The molecule has 0 rings (SSSR count). The number of hydrogen-bond acceptors (Lipinski definition) is 4. The van der Waals surface area contributed by atoms with Gasteiger partial charge in [-0.25, -0.2) is 0 Å². The molecule has 0 aromatic carbocycles. The van der Waals surface area contributed by atoms with Crippen LogP contribution >= 0.6 is 0 Å². The number of carbonyl (C=O) groups excluding carboxylic acids is 2. The molecule has 0 aliphatic rings. The van der Waals surface area contributed by atoms with Crippen molar-refractivity contribution < 1.29 is 44.3 Å². The van der Waals surface area contributed by atoms with Gasteiger partial charge in [0.05, 0.1) is 5.97 Å². The van der Waals surface area contributed by atoms with Crippen molar-refractivity contribution in [3.05, 3.63) is 0 Å². The van der Waals surface area contributed by atoms with Gasteiger partial charge in [0.15, 0.2) is 0 Å². The van der Waals surface area contributed by atoms with E-state index in [-0.39, 0.29) is 42.4 Å². The summed E-state index contributed by atoms with van der Waals surface area (Å²) in [7, 11) is 0. The molecule has 0 aromatic heterocycles. The molecule has 0 bridgehead atoms. The Bertz CT molecular complexity index is 151. The number of carboxylic acids is 1. The average molecular weight is 168 g/mol. The molecule has 0 spiro atoms. The largest absolute Gasteiger partial charge is 1.00 e. The van der Waals surface area contributed by atoms with Crippen molar-refractivity contribution in [1.82, 2.24) is 0 Å². The van der Waals surface area contributed by atoms with E-state index in [1.165, 1.54) is 0 Å². The third-order valence-electron chi connectivity index (χ3n) is 1.00. The van der Waals surface area contributed by atoms with Crippen molar-refractivity contribution in [2.75, 3.05) is 0 Å². The predicted molar refractivity (Wildman–Crippen MR) is 31.4 cm³/mol. The summed E-state index contributed by atoms with van der Waals surface area (Å²) >= 11 is 0. The predicted octanol–water partition coefficient (Wildman–Crippen LogP) is -5.67. The second kappa shape index (κ2) is 6.60. The molecule has 11 heavy (non-hydrogen) atoms. The Hall–Kier alpha value is -0.100. The molecular weight excluding hydrogens is 159 g/mol. The maximum absolute atomic E-state index is 10.1. The average Bonchev–Trinajstić information content (AvgIpc) is 1.82. The first-order chi connectivity index (χ1) is 4.54. The monoisotopic (exact) mass is 168 g/mol. The fraction of sp³-hybridized carbons (Fsp3) is 0.600. The van der Waals surface area contributed by atoms with Crippen molar-refractivity contribution in [3.8, 4) is 0 Å². The Labute approximate surface area is 86.4 Å². The molecule has 0 aliphatic carbocycles. The number of aliphatic carboxylic acids is 1. The molecule has 0 aliphatic heterocycles. The minimum Gasteiger partial charge on any atom is -0.548 e. The second-order valence-electron chi connectivity index (χ2n) is 1.93. The van der Waals surface area contributed by atoms with Gasteiger partial charge in [-0.05, 0) is 6.42 Å². The van der Waals surface area contributed by atoms with E-state index < -0.39 is 17.9 Å². The van der Waals surface area contributed by atoms with Crippen molar-refractivity contribution >= 4 is 11.9 Å². The molecule has 58 valence electrons. The van der Waals surface area contributed by atoms with Gasteiger partial charge >= 0.3 is 29.6 Å². The van der Waals surface area contributed by atoms with E-state index in [2.05, 4.69) is 0 Å². The summed E-state index contributed by atoms with van der Waals surface area (Å²) in [6.45, 7) is 0. The summed E-state index contributed by atoms with van der Waals surface area (Å²) in [6.07, 6.45) is 0.0206. The van der Waals surface area contributed by atoms with Gasteiger partial charge in [0, 0.05) is 12.5 Å². The van der Waals surface area contributed by atoms with Gasteiger partial charge in [0.2, 0.25) is 5.91 Å². The Morgan fingerprint density at radius 3 is 2.18 bits per heavy atom. The summed E-state index contributed by atoms with van der Waals surface area (Å²) in [5.41, 5.74) is 9.73. The first-order valence-corrected chi connectivity index (χ1v) is 2.78. The van der Waals surface area contributed by atoms with Crippen LogP contribution in [0, 0.1) is 0 Å². The normalized spacial score (nSPS) is 11.4. The zero-order valence-corrected chi connectivity index (χ0v) is 8.37. The van der Waals surface area contributed by atoms with Crippen LogP contribution in [0.5, 0.6) is 0 Å². The van der Waals surface area contributed by atoms with Crippen LogP contribution in [0.25, 0.3) is 0 Å². The summed E-state index contributed by atoms with van der Waals surface area (Å²) < 4.78 is 0. The van der Waals surface area contributed by atoms with Crippen LogP contribution in [-0.2, 0) is 9.59 Å². The molecule has 5 nitrogen and oxygen atoms in total. The molecule has 0 fully saturated rings. The first kappa shape index (κ1) is 13.5. The van der Waals surface area contributed by atoms with E-state index in [1.807, 2.05) is 0 Å². The Morgan fingerprint density at radius 1 is 1.45 bits per heavy atom. The van der Waals surface area contributed by atoms with Crippen LogP contribution in [0.2, 0.25) is 0 Å². The minimum atomic E-state index is -1.36. The van der Waals surface area contributed by atoms with Gasteiger partial charge in [-0.3, -0.25) is 4.79 Å². The van der Waals surface area contributed by atoms with Crippen LogP contribution in [0.15, 0.2) is 0 Å². The van der Waals surface area contributed by atoms with E-state index in [9.17, 15) is 14.7 Å². The molecule has 1 atom stereocenters. The SMILES string of the molecule is NC(=O)CC[C@H](N)C(=O)[O-].[Na+]. The Balaban J connectivity index is 0. The van der Waals surface area contributed by atoms with Crippen molar-refractivity contribution in [2.24, 2.45) is 11.5 Å². The van der Waals surface area contributed by atoms with Crippen LogP contribution in [0.3, 0.4) is 0 Å². The second-order valence-corrected chi connectivity index (χ2v) is 1.93. The third kappa shape index (κ3) is 7.80. The van der Waals surface area contributed by atoms with Gasteiger partial charge in [0.1, 0.15) is 0 Å². The van der Waals surface area contributed by atoms with Gasteiger partial charge < -0.3 is 21.4 Å². The quantitative estimate of drug-likeness (QED) is 0.407. The number of hydrogen-bond donors (Lipinski definition) is 2. The summed E-state index contributed by atoms with van der Waals surface area (Å²) in [6, 6.07) is -1.09. The summed E-state index contributed by atoms with van der Waals surface area (Å²) in [4.78, 5) is 20.0. The number of carbonyl (C=O) groups is 2. The van der Waals surface area contributed by atoms with Crippen LogP contribution in [-0.4, -0.2) is 17.9 Å². The maximum atomic E-state index is 10.1. The Kier molecular flexibility index (Phi) is 8.09. The molecule has 4 N–H and O–H groups in total. The molecule has 6 heteroatoms. The third-order valence-corrected chi connectivity index (χ3v) is 1.00. The number of carboxylic acid groups (broad SMARTS) is 1. The molecule has 0 unspecified atom stereocenters. The fourth-order valence-electron chi connectivity index (χ4n) is 0.416. The fourth-order valence-corrected chi connectivity index (χ4v) is 0.416. The number of rotatable bonds is 4. The van der Waals surface area contributed by atoms with Crippen molar-refractivity contribution in [1.29, 1.82) is 0 Å². The molecule has 0 saturated heterocycles. The molecule has 1 amide bonds. The standard InChI is InChI=1S/C5H10N2O3.Na/c6-3(5(9)10)1-2-4(7)8;/h3H,1-2,6H2,(H2,7,8)(H,9,10);/q;+1/p-1/t3-;/m0./s1. The van der Waals surface area contributed by atoms with Crippen LogP contribution in [0.4, 0.5) is 0 Å². The first-order valence-electron chi connectivity index (χ1n) is 2.78. The molecule has 0 aromatic rings. The minimum absolute atomic E-state index is 0. The zero-order chi connectivity index (χ0) is 8.15. The van der Waals surface area contributed by atoms with Crippen molar-refractivity contribution in [3.63, 3.8) is 0 Å². The molecule has 0 heterocycles. The van der Waals surface area contributed by atoms with E-state index in [4.69, 9.17) is 11.5 Å². The van der Waals surface area contributed by atoms with Gasteiger partial charge in [0.25, 0.3) is 0 Å². The molecular formula is C5H9N2NaO3. The van der Waals surface area contributed by atoms with E-state index >= 15 is 0 Å².